The molecule has 0 saturated carbocycles. The minimum absolute atomic E-state index is 0.0258. The fourth-order valence-electron chi connectivity index (χ4n) is 1.43. The number of rotatable bonds is 6. The standard InChI is InChI=1S/C12H18BrNO3S/c1-3-18(15,16)7-6-17-12-5-4-10(13)8-11(12)9(2)14/h4-5,8-9H,3,6-7,14H2,1-2H3. The molecule has 0 heterocycles. The van der Waals surface area contributed by atoms with Crippen LogP contribution in [0.4, 0.5) is 0 Å². The van der Waals surface area contributed by atoms with E-state index in [1.54, 1.807) is 13.0 Å². The van der Waals surface area contributed by atoms with Crippen molar-refractivity contribution in [3.8, 4) is 5.75 Å². The van der Waals surface area contributed by atoms with E-state index in [2.05, 4.69) is 15.9 Å². The van der Waals surface area contributed by atoms with Crippen LogP contribution < -0.4 is 10.5 Å². The highest BCUT2D eigenvalue weighted by molar-refractivity contribution is 9.10. The maximum absolute atomic E-state index is 11.4. The first-order valence-electron chi connectivity index (χ1n) is 5.74. The molecule has 2 N–H and O–H groups in total. The summed E-state index contributed by atoms with van der Waals surface area (Å²) in [5, 5.41) is 0. The summed E-state index contributed by atoms with van der Waals surface area (Å²) < 4.78 is 29.1. The first kappa shape index (κ1) is 15.5. The van der Waals surface area contributed by atoms with Gasteiger partial charge in [-0.2, -0.15) is 0 Å². The minimum atomic E-state index is -3.00. The van der Waals surface area contributed by atoms with Gasteiger partial charge in [0, 0.05) is 21.8 Å². The van der Waals surface area contributed by atoms with Gasteiger partial charge >= 0.3 is 0 Å². The quantitative estimate of drug-likeness (QED) is 0.865. The van der Waals surface area contributed by atoms with Gasteiger partial charge in [0.15, 0.2) is 9.84 Å². The van der Waals surface area contributed by atoms with Crippen molar-refractivity contribution in [3.63, 3.8) is 0 Å². The molecule has 0 aliphatic heterocycles. The van der Waals surface area contributed by atoms with Gasteiger partial charge in [0.1, 0.15) is 12.4 Å². The Hall–Kier alpha value is -0.590. The molecule has 0 saturated heterocycles. The van der Waals surface area contributed by atoms with E-state index in [4.69, 9.17) is 10.5 Å². The second-order valence-electron chi connectivity index (χ2n) is 4.06. The van der Waals surface area contributed by atoms with E-state index >= 15 is 0 Å². The minimum Gasteiger partial charge on any atom is -0.492 e. The van der Waals surface area contributed by atoms with Gasteiger partial charge in [-0.25, -0.2) is 8.42 Å². The number of hydrogen-bond acceptors (Lipinski definition) is 4. The molecule has 0 radical (unpaired) electrons. The Morgan fingerprint density at radius 1 is 1.44 bits per heavy atom. The van der Waals surface area contributed by atoms with Gasteiger partial charge < -0.3 is 10.5 Å². The lowest BCUT2D eigenvalue weighted by Gasteiger charge is -2.14. The SMILES string of the molecule is CCS(=O)(=O)CCOc1ccc(Br)cc1C(C)N. The summed E-state index contributed by atoms with van der Waals surface area (Å²) in [5.41, 5.74) is 6.71. The number of sulfone groups is 1. The van der Waals surface area contributed by atoms with Crippen molar-refractivity contribution in [1.82, 2.24) is 0 Å². The van der Waals surface area contributed by atoms with E-state index in [0.29, 0.717) is 5.75 Å². The second kappa shape index (κ2) is 6.54. The number of halogens is 1. The van der Waals surface area contributed by atoms with Crippen LogP contribution in [0, 0.1) is 0 Å². The highest BCUT2D eigenvalue weighted by atomic mass is 79.9. The van der Waals surface area contributed by atoms with Gasteiger partial charge in [-0.05, 0) is 25.1 Å². The Morgan fingerprint density at radius 3 is 2.67 bits per heavy atom. The van der Waals surface area contributed by atoms with E-state index in [1.165, 1.54) is 0 Å². The molecule has 1 aromatic rings. The number of nitrogens with two attached hydrogens (primary N) is 1. The largest absolute Gasteiger partial charge is 0.492 e. The zero-order valence-corrected chi connectivity index (χ0v) is 12.9. The third-order valence-electron chi connectivity index (χ3n) is 2.55. The van der Waals surface area contributed by atoms with E-state index < -0.39 is 9.84 Å². The molecule has 4 nitrogen and oxygen atoms in total. The number of benzene rings is 1. The predicted molar refractivity (Wildman–Crippen MR) is 76.6 cm³/mol. The third-order valence-corrected chi connectivity index (χ3v) is 4.72. The lowest BCUT2D eigenvalue weighted by molar-refractivity contribution is 0.335. The average molecular weight is 336 g/mol. The van der Waals surface area contributed by atoms with Crippen molar-refractivity contribution in [2.24, 2.45) is 5.73 Å². The van der Waals surface area contributed by atoms with Crippen molar-refractivity contribution in [1.29, 1.82) is 0 Å². The van der Waals surface area contributed by atoms with Crippen LogP contribution in [-0.2, 0) is 9.84 Å². The van der Waals surface area contributed by atoms with Gasteiger partial charge in [-0.1, -0.05) is 22.9 Å². The van der Waals surface area contributed by atoms with Crippen LogP contribution in [-0.4, -0.2) is 26.5 Å². The molecule has 1 unspecified atom stereocenters. The molecule has 0 aliphatic carbocycles. The highest BCUT2D eigenvalue weighted by Gasteiger charge is 2.11. The molecule has 1 aromatic carbocycles. The maximum Gasteiger partial charge on any atom is 0.153 e. The average Bonchev–Trinajstić information content (AvgIpc) is 2.30. The normalized spacial score (nSPS) is 13.3. The van der Waals surface area contributed by atoms with Crippen LogP contribution >= 0.6 is 15.9 Å². The van der Waals surface area contributed by atoms with E-state index in [0.717, 1.165) is 10.0 Å². The molecule has 6 heteroatoms. The van der Waals surface area contributed by atoms with Crippen LogP contribution in [0.2, 0.25) is 0 Å². The molecule has 0 aliphatic rings. The molecule has 0 amide bonds. The number of ether oxygens (including phenoxy) is 1. The molecule has 1 atom stereocenters. The van der Waals surface area contributed by atoms with Gasteiger partial charge in [0.2, 0.25) is 0 Å². The zero-order valence-electron chi connectivity index (χ0n) is 10.5. The smallest absolute Gasteiger partial charge is 0.153 e. The van der Waals surface area contributed by atoms with Crippen LogP contribution in [0.25, 0.3) is 0 Å². The van der Waals surface area contributed by atoms with Gasteiger partial charge in [0.05, 0.1) is 5.75 Å². The Labute approximate surface area is 117 Å². The lowest BCUT2D eigenvalue weighted by atomic mass is 10.1. The highest BCUT2D eigenvalue weighted by Crippen LogP contribution is 2.27. The van der Waals surface area contributed by atoms with Gasteiger partial charge in [-0.3, -0.25) is 0 Å². The monoisotopic (exact) mass is 335 g/mol. The molecular weight excluding hydrogens is 318 g/mol. The second-order valence-corrected chi connectivity index (χ2v) is 7.44. The molecule has 0 bridgehead atoms. The first-order valence-corrected chi connectivity index (χ1v) is 8.35. The molecule has 1 rings (SSSR count). The molecule has 0 spiro atoms. The first-order chi connectivity index (χ1) is 8.35. The lowest BCUT2D eigenvalue weighted by Crippen LogP contribution is -2.17. The van der Waals surface area contributed by atoms with Crippen molar-refractivity contribution < 1.29 is 13.2 Å². The fourth-order valence-corrected chi connectivity index (χ4v) is 2.43. The van der Waals surface area contributed by atoms with E-state index in [-0.39, 0.29) is 24.2 Å². The van der Waals surface area contributed by atoms with E-state index in [9.17, 15) is 8.42 Å². The van der Waals surface area contributed by atoms with Gasteiger partial charge in [-0.15, -0.1) is 0 Å². The fraction of sp³-hybridized carbons (Fsp3) is 0.500. The van der Waals surface area contributed by atoms with E-state index in [1.807, 2.05) is 19.1 Å². The summed E-state index contributed by atoms with van der Waals surface area (Å²) in [6.07, 6.45) is 0. The summed E-state index contributed by atoms with van der Waals surface area (Å²) in [6, 6.07) is 5.35. The van der Waals surface area contributed by atoms with Crippen LogP contribution in [0.1, 0.15) is 25.5 Å². The topological polar surface area (TPSA) is 69.4 Å². The predicted octanol–water partition coefficient (Wildman–Crippen LogP) is 2.28. The molecular formula is C12H18BrNO3S. The Bertz CT molecular complexity index is 500. The third kappa shape index (κ3) is 4.59. The maximum atomic E-state index is 11.4. The summed E-state index contributed by atoms with van der Waals surface area (Å²) in [4.78, 5) is 0. The van der Waals surface area contributed by atoms with Crippen molar-refractivity contribution in [2.75, 3.05) is 18.1 Å². The summed E-state index contributed by atoms with van der Waals surface area (Å²) >= 11 is 3.37. The molecule has 0 aromatic heterocycles. The number of hydrogen-bond donors (Lipinski definition) is 1. The van der Waals surface area contributed by atoms with Crippen molar-refractivity contribution in [2.45, 2.75) is 19.9 Å². The van der Waals surface area contributed by atoms with Crippen molar-refractivity contribution >= 4 is 25.8 Å². The Morgan fingerprint density at radius 2 is 2.11 bits per heavy atom. The van der Waals surface area contributed by atoms with Gasteiger partial charge in [0.25, 0.3) is 0 Å². The molecule has 0 fully saturated rings. The zero-order chi connectivity index (χ0) is 13.8. The Balaban J connectivity index is 2.73. The molecule has 102 valence electrons. The summed E-state index contributed by atoms with van der Waals surface area (Å²) in [6.45, 7) is 3.64. The van der Waals surface area contributed by atoms with Crippen LogP contribution in [0.5, 0.6) is 5.75 Å². The summed E-state index contributed by atoms with van der Waals surface area (Å²) in [5.74, 6) is 0.800. The molecule has 18 heavy (non-hydrogen) atoms. The van der Waals surface area contributed by atoms with Crippen molar-refractivity contribution in [3.05, 3.63) is 28.2 Å². The van der Waals surface area contributed by atoms with Crippen LogP contribution in [0.15, 0.2) is 22.7 Å². The van der Waals surface area contributed by atoms with Crippen LogP contribution in [0.3, 0.4) is 0 Å². The Kier molecular flexibility index (Phi) is 5.62. The summed E-state index contributed by atoms with van der Waals surface area (Å²) in [7, 11) is -3.00.